The predicted molar refractivity (Wildman–Crippen MR) is 74.5 cm³/mol. The molecule has 1 atom stereocenters. The van der Waals surface area contributed by atoms with Gasteiger partial charge in [0.15, 0.2) is 0 Å². The van der Waals surface area contributed by atoms with Gasteiger partial charge < -0.3 is 14.5 Å². The molecule has 0 amide bonds. The Hall–Kier alpha value is -0.800. The standard InChI is InChI=1S/C15H27NO2/c1-6-12(4)17-10-15-7-14(13(5)18-15)9-16-8-11(2)3/h7,11-12,16H,6,8-10H2,1-5H3. The van der Waals surface area contributed by atoms with Gasteiger partial charge in [-0.1, -0.05) is 20.8 Å². The summed E-state index contributed by atoms with van der Waals surface area (Å²) in [5.41, 5.74) is 1.23. The third kappa shape index (κ3) is 5.23. The maximum Gasteiger partial charge on any atom is 0.130 e. The quantitative estimate of drug-likeness (QED) is 0.768. The fourth-order valence-electron chi connectivity index (χ4n) is 1.67. The largest absolute Gasteiger partial charge is 0.464 e. The zero-order valence-corrected chi connectivity index (χ0v) is 12.4. The van der Waals surface area contributed by atoms with Crippen LogP contribution in [0.2, 0.25) is 0 Å². The van der Waals surface area contributed by atoms with Crippen LogP contribution in [0.1, 0.15) is 51.2 Å². The van der Waals surface area contributed by atoms with E-state index in [4.69, 9.17) is 9.15 Å². The lowest BCUT2D eigenvalue weighted by molar-refractivity contribution is 0.0403. The minimum atomic E-state index is 0.290. The van der Waals surface area contributed by atoms with E-state index >= 15 is 0 Å². The molecule has 3 nitrogen and oxygen atoms in total. The first-order valence-corrected chi connectivity index (χ1v) is 6.93. The van der Waals surface area contributed by atoms with Crippen LogP contribution in [0.5, 0.6) is 0 Å². The molecular formula is C15H27NO2. The van der Waals surface area contributed by atoms with Gasteiger partial charge in [-0.15, -0.1) is 0 Å². The van der Waals surface area contributed by atoms with Crippen LogP contribution in [-0.4, -0.2) is 12.6 Å². The molecule has 1 aromatic heterocycles. The molecule has 1 N–H and O–H groups in total. The lowest BCUT2D eigenvalue weighted by Gasteiger charge is -2.08. The topological polar surface area (TPSA) is 34.4 Å². The highest BCUT2D eigenvalue weighted by Crippen LogP contribution is 2.16. The number of furan rings is 1. The molecule has 1 aromatic rings. The van der Waals surface area contributed by atoms with Gasteiger partial charge in [-0.2, -0.15) is 0 Å². The van der Waals surface area contributed by atoms with E-state index in [0.29, 0.717) is 12.5 Å². The smallest absolute Gasteiger partial charge is 0.130 e. The van der Waals surface area contributed by atoms with Gasteiger partial charge in [0.1, 0.15) is 18.1 Å². The Balaban J connectivity index is 2.43. The number of aryl methyl sites for hydroxylation is 1. The summed E-state index contributed by atoms with van der Waals surface area (Å²) in [6.07, 6.45) is 1.32. The fraction of sp³-hybridized carbons (Fsp3) is 0.733. The van der Waals surface area contributed by atoms with Crippen LogP contribution >= 0.6 is 0 Å². The summed E-state index contributed by atoms with van der Waals surface area (Å²) >= 11 is 0. The lowest BCUT2D eigenvalue weighted by Crippen LogP contribution is -2.18. The maximum absolute atomic E-state index is 5.70. The first-order valence-electron chi connectivity index (χ1n) is 6.93. The Bertz CT molecular complexity index is 344. The normalized spacial score (nSPS) is 13.2. The zero-order valence-electron chi connectivity index (χ0n) is 12.4. The number of rotatable bonds is 8. The van der Waals surface area contributed by atoms with Crippen molar-refractivity contribution < 1.29 is 9.15 Å². The van der Waals surface area contributed by atoms with Gasteiger partial charge in [0, 0.05) is 12.1 Å². The van der Waals surface area contributed by atoms with Crippen LogP contribution in [0.4, 0.5) is 0 Å². The van der Waals surface area contributed by atoms with Crippen molar-refractivity contribution in [3.8, 4) is 0 Å². The Morgan fingerprint density at radius 2 is 2.06 bits per heavy atom. The highest BCUT2D eigenvalue weighted by molar-refractivity contribution is 5.20. The summed E-state index contributed by atoms with van der Waals surface area (Å²) in [4.78, 5) is 0. The summed E-state index contributed by atoms with van der Waals surface area (Å²) in [5, 5.41) is 3.43. The number of nitrogens with one attached hydrogen (secondary N) is 1. The molecule has 1 unspecified atom stereocenters. The van der Waals surface area contributed by atoms with Crippen molar-refractivity contribution in [2.75, 3.05) is 6.54 Å². The van der Waals surface area contributed by atoms with Crippen molar-refractivity contribution >= 4 is 0 Å². The Morgan fingerprint density at radius 1 is 1.33 bits per heavy atom. The van der Waals surface area contributed by atoms with E-state index in [-0.39, 0.29) is 6.10 Å². The minimum absolute atomic E-state index is 0.290. The van der Waals surface area contributed by atoms with Crippen molar-refractivity contribution in [2.45, 2.75) is 60.3 Å². The Morgan fingerprint density at radius 3 is 2.67 bits per heavy atom. The average Bonchev–Trinajstić information content (AvgIpc) is 2.67. The second-order valence-corrected chi connectivity index (χ2v) is 5.35. The number of hydrogen-bond donors (Lipinski definition) is 1. The van der Waals surface area contributed by atoms with Crippen LogP contribution in [0.25, 0.3) is 0 Å². The van der Waals surface area contributed by atoms with E-state index in [1.165, 1.54) is 5.56 Å². The van der Waals surface area contributed by atoms with Crippen molar-refractivity contribution in [1.82, 2.24) is 5.32 Å². The summed E-state index contributed by atoms with van der Waals surface area (Å²) < 4.78 is 11.4. The van der Waals surface area contributed by atoms with Gasteiger partial charge >= 0.3 is 0 Å². The molecule has 0 spiro atoms. The molecule has 0 aliphatic carbocycles. The van der Waals surface area contributed by atoms with E-state index in [2.05, 4.69) is 39.1 Å². The monoisotopic (exact) mass is 253 g/mol. The third-order valence-corrected chi connectivity index (χ3v) is 3.02. The first kappa shape index (κ1) is 15.3. The molecule has 0 aliphatic heterocycles. The number of ether oxygens (including phenoxy) is 1. The van der Waals surface area contributed by atoms with Gasteiger partial charge in [-0.05, 0) is 38.8 Å². The van der Waals surface area contributed by atoms with Crippen LogP contribution in [-0.2, 0) is 17.9 Å². The van der Waals surface area contributed by atoms with Crippen LogP contribution in [0, 0.1) is 12.8 Å². The van der Waals surface area contributed by atoms with Crippen molar-refractivity contribution in [2.24, 2.45) is 5.92 Å². The lowest BCUT2D eigenvalue weighted by atomic mass is 10.2. The van der Waals surface area contributed by atoms with Crippen LogP contribution < -0.4 is 5.32 Å². The molecule has 3 heteroatoms. The third-order valence-electron chi connectivity index (χ3n) is 3.02. The van der Waals surface area contributed by atoms with Crippen LogP contribution in [0.3, 0.4) is 0 Å². The van der Waals surface area contributed by atoms with Gasteiger partial charge in [0.25, 0.3) is 0 Å². The molecule has 0 saturated heterocycles. The Kier molecular flexibility index (Phi) is 6.44. The molecule has 104 valence electrons. The Labute approximate surface area is 111 Å². The van der Waals surface area contributed by atoms with Gasteiger partial charge in [0.2, 0.25) is 0 Å². The molecule has 0 aliphatic rings. The minimum Gasteiger partial charge on any atom is -0.464 e. The molecular weight excluding hydrogens is 226 g/mol. The highest BCUT2D eigenvalue weighted by atomic mass is 16.5. The summed E-state index contributed by atoms with van der Waals surface area (Å²) in [5.74, 6) is 2.59. The molecule has 18 heavy (non-hydrogen) atoms. The SMILES string of the molecule is CCC(C)OCc1cc(CNCC(C)C)c(C)o1. The van der Waals surface area contributed by atoms with Gasteiger partial charge in [-0.3, -0.25) is 0 Å². The van der Waals surface area contributed by atoms with E-state index in [1.807, 2.05) is 6.92 Å². The second-order valence-electron chi connectivity index (χ2n) is 5.35. The van der Waals surface area contributed by atoms with Crippen LogP contribution in [0.15, 0.2) is 10.5 Å². The molecule has 0 fully saturated rings. The molecule has 0 bridgehead atoms. The highest BCUT2D eigenvalue weighted by Gasteiger charge is 2.08. The van der Waals surface area contributed by atoms with Crippen molar-refractivity contribution in [3.05, 3.63) is 23.2 Å². The van der Waals surface area contributed by atoms with Gasteiger partial charge in [-0.25, -0.2) is 0 Å². The predicted octanol–water partition coefficient (Wildman–Crippen LogP) is 3.65. The van der Waals surface area contributed by atoms with E-state index in [0.717, 1.165) is 31.0 Å². The number of hydrogen-bond acceptors (Lipinski definition) is 3. The van der Waals surface area contributed by atoms with Gasteiger partial charge in [0.05, 0.1) is 6.10 Å². The summed E-state index contributed by atoms with van der Waals surface area (Å²) in [6.45, 7) is 13.1. The molecule has 0 aromatic carbocycles. The second kappa shape index (κ2) is 7.59. The average molecular weight is 253 g/mol. The molecule has 1 heterocycles. The van der Waals surface area contributed by atoms with E-state index < -0.39 is 0 Å². The molecule has 1 rings (SSSR count). The van der Waals surface area contributed by atoms with E-state index in [1.54, 1.807) is 0 Å². The summed E-state index contributed by atoms with van der Waals surface area (Å²) in [7, 11) is 0. The molecule has 0 saturated carbocycles. The van der Waals surface area contributed by atoms with E-state index in [9.17, 15) is 0 Å². The zero-order chi connectivity index (χ0) is 13.5. The fourth-order valence-corrected chi connectivity index (χ4v) is 1.67. The summed E-state index contributed by atoms with van der Waals surface area (Å²) in [6, 6.07) is 2.10. The van der Waals surface area contributed by atoms with Crippen molar-refractivity contribution in [1.29, 1.82) is 0 Å². The molecule has 0 radical (unpaired) electrons. The maximum atomic E-state index is 5.70. The van der Waals surface area contributed by atoms with Crippen molar-refractivity contribution in [3.63, 3.8) is 0 Å². The first-order chi connectivity index (χ1) is 8.52.